The first-order chi connectivity index (χ1) is 13.5. The number of aryl methyl sites for hydroxylation is 2. The van der Waals surface area contributed by atoms with Gasteiger partial charge in [0.1, 0.15) is 5.82 Å². The van der Waals surface area contributed by atoms with E-state index in [9.17, 15) is 4.79 Å². The topological polar surface area (TPSA) is 65.4 Å². The van der Waals surface area contributed by atoms with E-state index in [4.69, 9.17) is 9.47 Å². The number of hydrogen-bond acceptors (Lipinski definition) is 4. The highest BCUT2D eigenvalue weighted by Gasteiger charge is 2.31. The smallest absolute Gasteiger partial charge is 0.226 e. The first kappa shape index (κ1) is 18.1. The third-order valence-corrected chi connectivity index (χ3v) is 5.21. The van der Waals surface area contributed by atoms with Gasteiger partial charge in [-0.15, -0.1) is 0 Å². The number of hydrogen-bond donors (Lipinski definition) is 1. The number of fused-ring (bicyclic) bond motifs is 1. The first-order valence-electron chi connectivity index (χ1n) is 9.19. The Balaban J connectivity index is 1.81. The highest BCUT2D eigenvalue weighted by Crippen LogP contribution is 2.41. The Morgan fingerprint density at radius 1 is 1.07 bits per heavy atom. The highest BCUT2D eigenvalue weighted by atomic mass is 16.5. The summed E-state index contributed by atoms with van der Waals surface area (Å²) in [6.07, 6.45) is 2.20. The zero-order valence-electron chi connectivity index (χ0n) is 16.4. The molecule has 0 aliphatic carbocycles. The van der Waals surface area contributed by atoms with E-state index in [1.165, 1.54) is 5.56 Å². The van der Waals surface area contributed by atoms with Crippen molar-refractivity contribution in [1.29, 1.82) is 0 Å². The van der Waals surface area contributed by atoms with Gasteiger partial charge in [-0.25, -0.2) is 4.68 Å². The second-order valence-electron chi connectivity index (χ2n) is 7.07. The van der Waals surface area contributed by atoms with Crippen molar-refractivity contribution in [3.05, 3.63) is 64.8 Å². The molecule has 0 fully saturated rings. The van der Waals surface area contributed by atoms with Crippen molar-refractivity contribution in [2.45, 2.75) is 26.2 Å². The second kappa shape index (κ2) is 7.03. The molecule has 1 atom stereocenters. The number of ether oxygens (including phenoxy) is 2. The van der Waals surface area contributed by atoms with Crippen molar-refractivity contribution in [1.82, 2.24) is 9.78 Å². The van der Waals surface area contributed by atoms with Crippen molar-refractivity contribution >= 4 is 11.7 Å². The van der Waals surface area contributed by atoms with Gasteiger partial charge in [0.25, 0.3) is 0 Å². The molecule has 2 aromatic carbocycles. The molecule has 1 aliphatic rings. The van der Waals surface area contributed by atoms with Gasteiger partial charge in [0.2, 0.25) is 5.91 Å². The van der Waals surface area contributed by atoms with Gasteiger partial charge in [-0.05, 0) is 43.2 Å². The molecule has 6 heteroatoms. The summed E-state index contributed by atoms with van der Waals surface area (Å²) in [7, 11) is 3.22. The van der Waals surface area contributed by atoms with Crippen molar-refractivity contribution in [2.75, 3.05) is 19.5 Å². The molecule has 1 aromatic heterocycles. The van der Waals surface area contributed by atoms with Crippen LogP contribution < -0.4 is 14.8 Å². The molecule has 0 saturated carbocycles. The van der Waals surface area contributed by atoms with E-state index in [1.54, 1.807) is 14.2 Å². The second-order valence-corrected chi connectivity index (χ2v) is 7.07. The molecular formula is C22H23N3O3. The molecule has 3 aromatic rings. The number of nitrogens with zero attached hydrogens (tertiary/aromatic N) is 2. The number of anilines is 1. The fraction of sp³-hybridized carbons (Fsp3) is 0.273. The molecule has 6 nitrogen and oxygen atoms in total. The average Bonchev–Trinajstić information content (AvgIpc) is 3.10. The molecule has 1 N–H and O–H groups in total. The Morgan fingerprint density at radius 2 is 1.86 bits per heavy atom. The van der Waals surface area contributed by atoms with Gasteiger partial charge in [0.15, 0.2) is 11.5 Å². The standard InChI is InChI=1S/C22H23N3O3/c1-13-5-7-18(14(2)9-13)25-22-17(12-23-25)16(11-21(26)24-22)15-6-8-19(27-3)20(10-15)28-4/h5-10,12,16H,11H2,1-4H3,(H,24,26). The highest BCUT2D eigenvalue weighted by molar-refractivity contribution is 5.94. The van der Waals surface area contributed by atoms with Crippen molar-refractivity contribution < 1.29 is 14.3 Å². The quantitative estimate of drug-likeness (QED) is 0.747. The molecule has 1 amide bonds. The van der Waals surface area contributed by atoms with Gasteiger partial charge in [0, 0.05) is 17.9 Å². The molecule has 1 aliphatic heterocycles. The van der Waals surface area contributed by atoms with Gasteiger partial charge in [-0.3, -0.25) is 4.79 Å². The van der Waals surface area contributed by atoms with Crippen LogP contribution in [0.4, 0.5) is 5.82 Å². The molecular weight excluding hydrogens is 354 g/mol. The minimum Gasteiger partial charge on any atom is -0.493 e. The van der Waals surface area contributed by atoms with Crippen LogP contribution in [0, 0.1) is 13.8 Å². The maximum atomic E-state index is 12.5. The fourth-order valence-electron chi connectivity index (χ4n) is 3.81. The number of benzene rings is 2. The van der Waals surface area contributed by atoms with E-state index in [0.29, 0.717) is 17.9 Å². The number of nitrogens with one attached hydrogen (secondary N) is 1. The van der Waals surface area contributed by atoms with E-state index in [0.717, 1.165) is 28.2 Å². The molecule has 28 heavy (non-hydrogen) atoms. The fourth-order valence-corrected chi connectivity index (χ4v) is 3.81. The molecule has 0 saturated heterocycles. The summed E-state index contributed by atoms with van der Waals surface area (Å²) < 4.78 is 12.6. The van der Waals surface area contributed by atoms with Crippen molar-refractivity contribution in [2.24, 2.45) is 0 Å². The predicted octanol–water partition coefficient (Wildman–Crippen LogP) is 3.98. The lowest BCUT2D eigenvalue weighted by molar-refractivity contribution is -0.116. The maximum Gasteiger partial charge on any atom is 0.226 e. The maximum absolute atomic E-state index is 12.5. The van der Waals surface area contributed by atoms with E-state index in [1.807, 2.05) is 48.1 Å². The van der Waals surface area contributed by atoms with Crippen LogP contribution in [-0.2, 0) is 4.79 Å². The summed E-state index contributed by atoms with van der Waals surface area (Å²) in [6, 6.07) is 12.0. The number of methoxy groups -OCH3 is 2. The molecule has 2 heterocycles. The minimum absolute atomic E-state index is 0.0289. The first-order valence-corrected chi connectivity index (χ1v) is 9.19. The van der Waals surface area contributed by atoms with Crippen LogP contribution in [-0.4, -0.2) is 29.9 Å². The van der Waals surface area contributed by atoms with Crippen LogP contribution in [0.15, 0.2) is 42.6 Å². The van der Waals surface area contributed by atoms with E-state index < -0.39 is 0 Å². The summed E-state index contributed by atoms with van der Waals surface area (Å²) in [4.78, 5) is 12.5. The van der Waals surface area contributed by atoms with Crippen LogP contribution in [0.5, 0.6) is 11.5 Å². The number of aromatic nitrogens is 2. The molecule has 0 bridgehead atoms. The van der Waals surface area contributed by atoms with Crippen molar-refractivity contribution in [3.63, 3.8) is 0 Å². The zero-order chi connectivity index (χ0) is 19.8. The Bertz CT molecular complexity index is 1060. The minimum atomic E-state index is -0.0944. The summed E-state index contributed by atoms with van der Waals surface area (Å²) in [5.41, 5.74) is 5.24. The van der Waals surface area contributed by atoms with Crippen LogP contribution in [0.2, 0.25) is 0 Å². The molecule has 4 rings (SSSR count). The Morgan fingerprint density at radius 3 is 2.57 bits per heavy atom. The Labute approximate surface area is 164 Å². The van der Waals surface area contributed by atoms with Crippen LogP contribution >= 0.6 is 0 Å². The zero-order valence-corrected chi connectivity index (χ0v) is 16.4. The molecule has 0 radical (unpaired) electrons. The number of rotatable bonds is 4. The van der Waals surface area contributed by atoms with E-state index >= 15 is 0 Å². The molecule has 1 unspecified atom stereocenters. The Hall–Kier alpha value is -3.28. The summed E-state index contributed by atoms with van der Waals surface area (Å²) in [6.45, 7) is 4.11. The number of amides is 1. The molecule has 0 spiro atoms. The third-order valence-electron chi connectivity index (χ3n) is 5.21. The largest absolute Gasteiger partial charge is 0.493 e. The Kier molecular flexibility index (Phi) is 4.55. The van der Waals surface area contributed by atoms with Crippen LogP contribution in [0.25, 0.3) is 5.69 Å². The summed E-state index contributed by atoms with van der Waals surface area (Å²) in [5, 5.41) is 7.60. The van der Waals surface area contributed by atoms with Gasteiger partial charge >= 0.3 is 0 Å². The number of carbonyl (C=O) groups excluding carboxylic acids is 1. The average molecular weight is 377 g/mol. The lowest BCUT2D eigenvalue weighted by atomic mass is 9.87. The predicted molar refractivity (Wildman–Crippen MR) is 108 cm³/mol. The van der Waals surface area contributed by atoms with Gasteiger partial charge < -0.3 is 14.8 Å². The monoisotopic (exact) mass is 377 g/mol. The number of carbonyl (C=O) groups is 1. The van der Waals surface area contributed by atoms with Crippen LogP contribution in [0.1, 0.15) is 34.6 Å². The summed E-state index contributed by atoms with van der Waals surface area (Å²) in [5.74, 6) is 1.91. The van der Waals surface area contributed by atoms with E-state index in [-0.39, 0.29) is 11.8 Å². The third kappa shape index (κ3) is 3.01. The SMILES string of the molecule is COc1ccc(C2CC(=O)Nc3c2cnn3-c2ccc(C)cc2C)cc1OC. The van der Waals surface area contributed by atoms with E-state index in [2.05, 4.69) is 23.4 Å². The lowest BCUT2D eigenvalue weighted by Gasteiger charge is -2.24. The van der Waals surface area contributed by atoms with Crippen molar-refractivity contribution in [3.8, 4) is 17.2 Å². The van der Waals surface area contributed by atoms with Gasteiger partial charge in [0.05, 0.1) is 26.1 Å². The van der Waals surface area contributed by atoms with Gasteiger partial charge in [-0.1, -0.05) is 23.8 Å². The van der Waals surface area contributed by atoms with Crippen LogP contribution in [0.3, 0.4) is 0 Å². The van der Waals surface area contributed by atoms with Gasteiger partial charge in [-0.2, -0.15) is 5.10 Å². The lowest BCUT2D eigenvalue weighted by Crippen LogP contribution is -2.24. The normalized spacial score (nSPS) is 15.7. The molecule has 144 valence electrons. The summed E-state index contributed by atoms with van der Waals surface area (Å²) >= 11 is 0.